The first-order valence-corrected chi connectivity index (χ1v) is 38.2. The Kier molecular flexibility index (Phi) is 20.6. The fourth-order valence-corrected chi connectivity index (χ4v) is 14.6. The Labute approximate surface area is 570 Å². The van der Waals surface area contributed by atoms with Crippen LogP contribution in [0.3, 0.4) is 0 Å². The molecule has 2 fully saturated rings. The number of aromatic nitrogens is 10. The minimum absolute atomic E-state index is 0.0265. The minimum atomic E-state index is -2.45. The van der Waals surface area contributed by atoms with E-state index in [2.05, 4.69) is 109 Å². The Morgan fingerprint density at radius 1 is 0.449 bits per heavy atom. The molecule has 0 unspecified atom stereocenters. The molecule has 2 saturated heterocycles. The van der Waals surface area contributed by atoms with Crippen molar-refractivity contribution in [3.8, 4) is 23.0 Å². The summed E-state index contributed by atoms with van der Waals surface area (Å²) >= 11 is 0. The molecule has 0 saturated carbocycles. The molecule has 0 spiro atoms. The molecule has 0 radical (unpaired) electrons. The Bertz CT molecular complexity index is 4320. The van der Waals surface area contributed by atoms with Crippen molar-refractivity contribution in [1.29, 1.82) is 0 Å². The molecule has 0 aliphatic carbocycles. The highest BCUT2D eigenvalue weighted by molar-refractivity contribution is 6.74. The van der Waals surface area contributed by atoms with Gasteiger partial charge in [0.2, 0.25) is 0 Å². The number of hydrogen-bond acceptors (Lipinski definition) is 20. The first-order valence-electron chi connectivity index (χ1n) is 32.3. The fourth-order valence-electron chi connectivity index (χ4n) is 12.0. The number of imidazole rings is 2. The summed E-state index contributed by atoms with van der Waals surface area (Å²) in [5.74, 6) is 2.83. The number of benzene rings is 6. The standard InChI is InChI=1S/2C36H43N5O7Si/c1-35(2,3)49(6,7)48-31-28(47-34(30(31)42)41-22-37-29-32(41)38-40-39-33(29)43)21-46-36(23-11-9-8-10-12-23,24-13-17-26(44-4)18-14-24)25-15-19-27(45-5)20-16-25;1-35(2,3)49(6,7)48-31-30(42)28(47-34(31)41-22-37-29-32(41)38-40-39-33(29)43)21-46-36(23-11-9-8-10-12-23,24-13-17-26(44-4)18-14-24)25-15-19-27(45-5)20-16-25/h2*8-20,22,28,30-31,34,42H,21H2,1-7H3,(H,38,39,43)/t2*28-,30-,31-,34-/m11/s1. The summed E-state index contributed by atoms with van der Waals surface area (Å²) in [6, 6.07) is 50.9. The van der Waals surface area contributed by atoms with E-state index in [1.807, 2.05) is 158 Å². The summed E-state index contributed by atoms with van der Waals surface area (Å²) in [5, 5.41) is 44.0. The summed E-state index contributed by atoms with van der Waals surface area (Å²) in [7, 11) is 1.62. The van der Waals surface area contributed by atoms with E-state index < -0.39 is 88.0 Å². The van der Waals surface area contributed by atoms with Gasteiger partial charge >= 0.3 is 0 Å². The predicted octanol–water partition coefficient (Wildman–Crippen LogP) is 10.4. The van der Waals surface area contributed by atoms with Gasteiger partial charge in [-0.1, -0.05) is 161 Å². The maximum Gasteiger partial charge on any atom is 0.295 e. The Balaban J connectivity index is 0.000000198. The molecule has 26 heteroatoms. The van der Waals surface area contributed by atoms with Gasteiger partial charge in [0, 0.05) is 0 Å². The molecule has 516 valence electrons. The van der Waals surface area contributed by atoms with Crippen LogP contribution in [0.5, 0.6) is 23.0 Å². The van der Waals surface area contributed by atoms with Crippen molar-refractivity contribution < 1.29 is 57.0 Å². The molecule has 10 aromatic rings. The zero-order valence-corrected chi connectivity index (χ0v) is 59.6. The number of nitrogens with one attached hydrogen (secondary N) is 2. The lowest BCUT2D eigenvalue weighted by molar-refractivity contribution is -0.0940. The third-order valence-electron chi connectivity index (χ3n) is 19.5. The lowest BCUT2D eigenvalue weighted by Gasteiger charge is -2.41. The second-order valence-corrected chi connectivity index (χ2v) is 36.9. The van der Waals surface area contributed by atoms with Gasteiger partial charge in [0.15, 0.2) is 51.4 Å². The van der Waals surface area contributed by atoms with Crippen LogP contribution < -0.4 is 30.1 Å². The molecule has 2 aliphatic rings. The number of fused-ring (bicyclic) bond motifs is 2. The van der Waals surface area contributed by atoms with Crippen molar-refractivity contribution in [2.24, 2.45) is 0 Å². The van der Waals surface area contributed by atoms with E-state index >= 15 is 0 Å². The van der Waals surface area contributed by atoms with Gasteiger partial charge in [-0.15, -0.1) is 10.2 Å². The quantitative estimate of drug-likeness (QED) is 0.0362. The smallest absolute Gasteiger partial charge is 0.295 e. The average molecular weight is 1370 g/mol. The summed E-state index contributed by atoms with van der Waals surface area (Å²) in [5.41, 5.74) is 2.57. The predicted molar refractivity (Wildman–Crippen MR) is 372 cm³/mol. The number of methoxy groups -OCH3 is 4. The first-order chi connectivity index (χ1) is 46.8. The second kappa shape index (κ2) is 28.6. The summed E-state index contributed by atoms with van der Waals surface area (Å²) in [6.45, 7) is 21.3. The molecule has 2 aliphatic heterocycles. The van der Waals surface area contributed by atoms with Crippen molar-refractivity contribution in [2.75, 3.05) is 41.7 Å². The van der Waals surface area contributed by atoms with Gasteiger partial charge < -0.3 is 57.0 Å². The summed E-state index contributed by atoms with van der Waals surface area (Å²) in [6.07, 6.45) is -4.36. The number of ether oxygens (including phenoxy) is 8. The Morgan fingerprint density at radius 2 is 0.776 bits per heavy atom. The van der Waals surface area contributed by atoms with Gasteiger partial charge in [0.05, 0.1) is 54.3 Å². The molecule has 24 nitrogen and oxygen atoms in total. The second-order valence-electron chi connectivity index (χ2n) is 27.4. The van der Waals surface area contributed by atoms with Crippen LogP contribution in [-0.2, 0) is 39.0 Å². The van der Waals surface area contributed by atoms with Gasteiger partial charge in [-0.05, 0) is 118 Å². The van der Waals surface area contributed by atoms with E-state index in [-0.39, 0.29) is 45.6 Å². The number of hydrogen-bond donors (Lipinski definition) is 4. The molecular weight excluding hydrogens is 1290 g/mol. The molecule has 0 amide bonds. The van der Waals surface area contributed by atoms with Crippen LogP contribution in [0.2, 0.25) is 36.3 Å². The average Bonchev–Trinajstić information content (AvgIpc) is 1.69. The fraction of sp³-hybridized carbons (Fsp3) is 0.389. The maximum absolute atomic E-state index is 12.5. The van der Waals surface area contributed by atoms with Gasteiger partial charge in [-0.2, -0.15) is 0 Å². The van der Waals surface area contributed by atoms with Crippen LogP contribution in [-0.4, -0.2) is 155 Å². The zero-order valence-electron chi connectivity index (χ0n) is 57.6. The molecule has 4 N–H and O–H groups in total. The number of H-pyrrole nitrogens is 2. The highest BCUT2D eigenvalue weighted by Gasteiger charge is 2.54. The van der Waals surface area contributed by atoms with E-state index in [4.69, 9.17) is 46.7 Å². The molecule has 0 bridgehead atoms. The van der Waals surface area contributed by atoms with E-state index in [0.717, 1.165) is 33.4 Å². The summed E-state index contributed by atoms with van der Waals surface area (Å²) in [4.78, 5) is 33.4. The number of aromatic amines is 2. The van der Waals surface area contributed by atoms with Crippen molar-refractivity contribution in [3.05, 3.63) is 224 Å². The molecule has 8 atom stereocenters. The van der Waals surface area contributed by atoms with E-state index in [0.29, 0.717) is 23.0 Å². The number of aliphatic hydroxyl groups excluding tert-OH is 2. The van der Waals surface area contributed by atoms with Crippen LogP contribution in [0.15, 0.2) is 180 Å². The van der Waals surface area contributed by atoms with Crippen molar-refractivity contribution in [1.82, 2.24) is 49.9 Å². The Hall–Kier alpha value is -8.81. The van der Waals surface area contributed by atoms with Gasteiger partial charge in [-0.3, -0.25) is 18.7 Å². The van der Waals surface area contributed by atoms with Crippen molar-refractivity contribution >= 4 is 39.0 Å². The zero-order chi connectivity index (χ0) is 70.0. The van der Waals surface area contributed by atoms with Crippen LogP contribution in [0.25, 0.3) is 22.3 Å². The van der Waals surface area contributed by atoms with E-state index in [1.54, 1.807) is 33.0 Å². The van der Waals surface area contributed by atoms with E-state index in [9.17, 15) is 19.8 Å². The highest BCUT2D eigenvalue weighted by atomic mass is 28.4. The molecular formula is C72H86N10O14Si2. The first kappa shape index (κ1) is 70.5. The van der Waals surface area contributed by atoms with E-state index in [1.165, 1.54) is 17.2 Å². The van der Waals surface area contributed by atoms with Gasteiger partial charge in [0.25, 0.3) is 11.1 Å². The number of rotatable bonds is 22. The van der Waals surface area contributed by atoms with Gasteiger partial charge in [-0.25, -0.2) is 20.2 Å². The number of nitrogens with zero attached hydrogens (tertiary/aromatic N) is 8. The lowest BCUT2D eigenvalue weighted by atomic mass is 9.80. The monoisotopic (exact) mass is 1370 g/mol. The van der Waals surface area contributed by atoms with Gasteiger partial charge in [0.1, 0.15) is 70.8 Å². The van der Waals surface area contributed by atoms with Crippen LogP contribution in [0.4, 0.5) is 0 Å². The third-order valence-corrected chi connectivity index (χ3v) is 28.4. The van der Waals surface area contributed by atoms with Crippen molar-refractivity contribution in [3.63, 3.8) is 0 Å². The normalized spacial score (nSPS) is 20.1. The number of aliphatic hydroxyl groups is 2. The molecule has 12 rings (SSSR count). The van der Waals surface area contributed by atoms with Crippen LogP contribution in [0.1, 0.15) is 87.4 Å². The van der Waals surface area contributed by atoms with Crippen LogP contribution >= 0.6 is 0 Å². The molecule has 6 aromatic carbocycles. The lowest BCUT2D eigenvalue weighted by Crippen LogP contribution is -2.50. The molecule has 4 aromatic heterocycles. The SMILES string of the molecule is COc1ccc(C(OC[C@H]2O[C@@H](n3cnc4c(=O)[nH]nnc43)[C@H](O)[C@@H]2O[Si](C)(C)C(C)(C)C)(c2ccccc2)c2ccc(OC)cc2)cc1.COc1ccc(C(OC[C@H]2O[C@@H](n3cnc4c(=O)[nH]nnc43)[C@H](O[Si](C)(C)C(C)(C)C)[C@@H]2O)(c2ccccc2)c2ccc(OC)cc2)cc1. The summed E-state index contributed by atoms with van der Waals surface area (Å²) < 4.78 is 66.4. The Morgan fingerprint density at radius 3 is 1.13 bits per heavy atom. The minimum Gasteiger partial charge on any atom is -0.497 e. The highest BCUT2D eigenvalue weighted by Crippen LogP contribution is 2.48. The maximum atomic E-state index is 12.5. The molecule has 98 heavy (non-hydrogen) atoms. The largest absolute Gasteiger partial charge is 0.497 e. The molecule has 6 heterocycles. The third kappa shape index (κ3) is 13.7. The van der Waals surface area contributed by atoms with Crippen LogP contribution in [0, 0.1) is 0 Å². The topological polar surface area (TPSA) is 286 Å². The van der Waals surface area contributed by atoms with Crippen molar-refractivity contribution in [2.45, 2.75) is 138 Å².